The molecule has 2 aromatic rings. The maximum atomic E-state index is 12.2. The molecular formula is C16H14N2O2. The highest BCUT2D eigenvalue weighted by molar-refractivity contribution is 6.13. The Morgan fingerprint density at radius 3 is 2.50 bits per heavy atom. The second-order valence-corrected chi connectivity index (χ2v) is 4.28. The molecule has 0 aliphatic carbocycles. The standard InChI is InChI=1S/C16H14N2O2/c1-18-9-3-4-15(18)16(19)13(11-17)10-12-5-7-14(20-2)8-6-12/h3-10H,1-2H3/b13-10+. The van der Waals surface area contributed by atoms with Gasteiger partial charge in [0.05, 0.1) is 12.8 Å². The van der Waals surface area contributed by atoms with Crippen LogP contribution in [0.2, 0.25) is 0 Å². The zero-order valence-electron chi connectivity index (χ0n) is 11.3. The number of nitriles is 1. The zero-order valence-corrected chi connectivity index (χ0v) is 11.3. The number of ether oxygens (including phenoxy) is 1. The Morgan fingerprint density at radius 1 is 1.30 bits per heavy atom. The Bertz CT molecular complexity index is 688. The molecule has 0 aliphatic rings. The average molecular weight is 266 g/mol. The first kappa shape index (κ1) is 13.6. The highest BCUT2D eigenvalue weighted by atomic mass is 16.5. The van der Waals surface area contributed by atoms with Gasteiger partial charge in [0.15, 0.2) is 0 Å². The highest BCUT2D eigenvalue weighted by Gasteiger charge is 2.14. The van der Waals surface area contributed by atoms with Gasteiger partial charge in [0.2, 0.25) is 5.78 Å². The number of rotatable bonds is 4. The number of carbonyl (C=O) groups is 1. The van der Waals surface area contributed by atoms with Gasteiger partial charge in [0.25, 0.3) is 0 Å². The third-order valence-corrected chi connectivity index (χ3v) is 2.97. The topological polar surface area (TPSA) is 55.0 Å². The first-order valence-corrected chi connectivity index (χ1v) is 6.07. The maximum Gasteiger partial charge on any atom is 0.219 e. The lowest BCUT2D eigenvalue weighted by atomic mass is 10.1. The number of carbonyl (C=O) groups excluding carboxylic acids is 1. The van der Waals surface area contributed by atoms with Crippen molar-refractivity contribution in [2.75, 3.05) is 7.11 Å². The molecule has 0 atom stereocenters. The minimum atomic E-state index is -0.282. The highest BCUT2D eigenvalue weighted by Crippen LogP contribution is 2.16. The summed E-state index contributed by atoms with van der Waals surface area (Å²) in [6, 6.07) is 12.6. The fourth-order valence-electron chi connectivity index (χ4n) is 1.85. The van der Waals surface area contributed by atoms with E-state index in [0.717, 1.165) is 11.3 Å². The summed E-state index contributed by atoms with van der Waals surface area (Å²) in [4.78, 5) is 12.2. The van der Waals surface area contributed by atoms with Crippen molar-refractivity contribution in [3.05, 3.63) is 59.4 Å². The van der Waals surface area contributed by atoms with E-state index in [2.05, 4.69) is 0 Å². The van der Waals surface area contributed by atoms with Crippen LogP contribution in [0.15, 0.2) is 48.2 Å². The van der Waals surface area contributed by atoms with Crippen LogP contribution in [-0.2, 0) is 7.05 Å². The summed E-state index contributed by atoms with van der Waals surface area (Å²) in [5.74, 6) is 0.449. The average Bonchev–Trinajstić information content (AvgIpc) is 2.91. The molecule has 20 heavy (non-hydrogen) atoms. The molecule has 0 N–H and O–H groups in total. The van der Waals surface area contributed by atoms with E-state index in [1.54, 1.807) is 67.4 Å². The van der Waals surface area contributed by atoms with Gasteiger partial charge in [0, 0.05) is 13.2 Å². The third kappa shape index (κ3) is 2.78. The van der Waals surface area contributed by atoms with E-state index < -0.39 is 0 Å². The lowest BCUT2D eigenvalue weighted by Crippen LogP contribution is -2.07. The Morgan fingerprint density at radius 2 is 2.00 bits per heavy atom. The Hall–Kier alpha value is -2.80. The van der Waals surface area contributed by atoms with Crippen LogP contribution >= 0.6 is 0 Å². The molecular weight excluding hydrogens is 252 g/mol. The Labute approximate surface area is 117 Å². The van der Waals surface area contributed by atoms with Gasteiger partial charge < -0.3 is 9.30 Å². The number of allylic oxidation sites excluding steroid dienone is 1. The monoisotopic (exact) mass is 266 g/mol. The van der Waals surface area contributed by atoms with Crippen molar-refractivity contribution >= 4 is 11.9 Å². The largest absolute Gasteiger partial charge is 0.497 e. The Kier molecular flexibility index (Phi) is 4.02. The van der Waals surface area contributed by atoms with Crippen LogP contribution in [0.25, 0.3) is 6.08 Å². The molecule has 0 unspecified atom stereocenters. The zero-order chi connectivity index (χ0) is 14.5. The van der Waals surface area contributed by atoms with E-state index in [1.807, 2.05) is 6.07 Å². The normalized spacial score (nSPS) is 10.9. The van der Waals surface area contributed by atoms with Gasteiger partial charge >= 0.3 is 0 Å². The molecule has 0 amide bonds. The van der Waals surface area contributed by atoms with Gasteiger partial charge in [0.1, 0.15) is 17.4 Å². The summed E-state index contributed by atoms with van der Waals surface area (Å²) in [6.07, 6.45) is 3.35. The summed E-state index contributed by atoms with van der Waals surface area (Å²) < 4.78 is 6.76. The van der Waals surface area contributed by atoms with Crippen LogP contribution in [0.1, 0.15) is 16.1 Å². The predicted molar refractivity (Wildman–Crippen MR) is 76.3 cm³/mol. The van der Waals surface area contributed by atoms with E-state index in [4.69, 9.17) is 4.74 Å². The summed E-state index contributed by atoms with van der Waals surface area (Å²) in [7, 11) is 3.36. The van der Waals surface area contributed by atoms with E-state index in [1.165, 1.54) is 0 Å². The van der Waals surface area contributed by atoms with E-state index in [9.17, 15) is 10.1 Å². The molecule has 0 fully saturated rings. The van der Waals surface area contributed by atoms with Crippen molar-refractivity contribution < 1.29 is 9.53 Å². The fourth-order valence-corrected chi connectivity index (χ4v) is 1.85. The Balaban J connectivity index is 2.32. The minimum Gasteiger partial charge on any atom is -0.497 e. The van der Waals surface area contributed by atoms with Crippen molar-refractivity contribution in [1.29, 1.82) is 5.26 Å². The van der Waals surface area contributed by atoms with Crippen LogP contribution in [0, 0.1) is 11.3 Å². The second-order valence-electron chi connectivity index (χ2n) is 4.28. The number of hydrogen-bond donors (Lipinski definition) is 0. The van der Waals surface area contributed by atoms with E-state index in [0.29, 0.717) is 5.69 Å². The number of ketones is 1. The molecule has 0 saturated heterocycles. The molecule has 0 bridgehead atoms. The van der Waals surface area contributed by atoms with E-state index >= 15 is 0 Å². The SMILES string of the molecule is COc1ccc(/C=C(\C#N)C(=O)c2cccn2C)cc1. The van der Waals surface area contributed by atoms with Crippen molar-refractivity contribution in [3.8, 4) is 11.8 Å². The molecule has 1 aromatic heterocycles. The van der Waals surface area contributed by atoms with Crippen LogP contribution in [-0.4, -0.2) is 17.5 Å². The molecule has 0 spiro atoms. The molecule has 2 rings (SSSR count). The number of Topliss-reactive ketones (excluding diaryl/α,β-unsaturated/α-hetero) is 1. The van der Waals surface area contributed by atoms with Gasteiger partial charge in [-0.2, -0.15) is 5.26 Å². The molecule has 1 aromatic carbocycles. The first-order valence-electron chi connectivity index (χ1n) is 6.07. The molecule has 1 heterocycles. The predicted octanol–water partition coefficient (Wildman–Crippen LogP) is 2.82. The van der Waals surface area contributed by atoms with Gasteiger partial charge in [-0.3, -0.25) is 4.79 Å². The number of nitrogens with zero attached hydrogens (tertiary/aromatic N) is 2. The van der Waals surface area contributed by atoms with Crippen LogP contribution in [0.3, 0.4) is 0 Å². The number of aromatic nitrogens is 1. The fraction of sp³-hybridized carbons (Fsp3) is 0.125. The third-order valence-electron chi connectivity index (χ3n) is 2.97. The lowest BCUT2D eigenvalue weighted by Gasteiger charge is -2.02. The van der Waals surface area contributed by atoms with Crippen LogP contribution < -0.4 is 4.74 Å². The molecule has 4 nitrogen and oxygen atoms in total. The minimum absolute atomic E-state index is 0.108. The molecule has 100 valence electrons. The first-order chi connectivity index (χ1) is 9.65. The van der Waals surface area contributed by atoms with Crippen LogP contribution in [0.5, 0.6) is 5.75 Å². The number of aryl methyl sites for hydroxylation is 1. The van der Waals surface area contributed by atoms with Gasteiger partial charge in [-0.1, -0.05) is 12.1 Å². The molecule has 0 aliphatic heterocycles. The summed E-state index contributed by atoms with van der Waals surface area (Å²) >= 11 is 0. The molecule has 4 heteroatoms. The number of methoxy groups -OCH3 is 1. The summed E-state index contributed by atoms with van der Waals surface area (Å²) in [6.45, 7) is 0. The maximum absolute atomic E-state index is 12.2. The van der Waals surface area contributed by atoms with Gasteiger partial charge in [-0.25, -0.2) is 0 Å². The van der Waals surface area contributed by atoms with Crippen molar-refractivity contribution in [2.24, 2.45) is 7.05 Å². The van der Waals surface area contributed by atoms with Crippen molar-refractivity contribution in [3.63, 3.8) is 0 Å². The number of benzene rings is 1. The van der Waals surface area contributed by atoms with E-state index in [-0.39, 0.29) is 11.4 Å². The van der Waals surface area contributed by atoms with Crippen LogP contribution in [0.4, 0.5) is 0 Å². The second kappa shape index (κ2) is 5.89. The molecule has 0 radical (unpaired) electrons. The quantitative estimate of drug-likeness (QED) is 0.486. The van der Waals surface area contributed by atoms with Gasteiger partial charge in [-0.05, 0) is 35.9 Å². The van der Waals surface area contributed by atoms with Gasteiger partial charge in [-0.15, -0.1) is 0 Å². The summed E-state index contributed by atoms with van der Waals surface area (Å²) in [5, 5.41) is 9.18. The van der Waals surface area contributed by atoms with Crippen molar-refractivity contribution in [1.82, 2.24) is 4.57 Å². The molecule has 0 saturated carbocycles. The smallest absolute Gasteiger partial charge is 0.219 e. The lowest BCUT2D eigenvalue weighted by molar-refractivity contribution is 0.103. The number of hydrogen-bond acceptors (Lipinski definition) is 3. The summed E-state index contributed by atoms with van der Waals surface area (Å²) in [5.41, 5.74) is 1.38. The van der Waals surface area contributed by atoms with Crippen molar-refractivity contribution in [2.45, 2.75) is 0 Å².